The highest BCUT2D eigenvalue weighted by atomic mass is 127. The van der Waals surface area contributed by atoms with Gasteiger partial charge in [-0.2, -0.15) is 0 Å². The molecule has 0 aromatic heterocycles. The Labute approximate surface area is 151 Å². The van der Waals surface area contributed by atoms with Crippen molar-refractivity contribution in [1.29, 1.82) is 0 Å². The quantitative estimate of drug-likeness (QED) is 0.428. The van der Waals surface area contributed by atoms with Crippen LogP contribution in [0.25, 0.3) is 0 Å². The van der Waals surface area contributed by atoms with Crippen LogP contribution in [0.1, 0.15) is 0 Å². The molecule has 0 radical (unpaired) electrons. The average molecular weight is 456 g/mol. The van der Waals surface area contributed by atoms with Crippen molar-refractivity contribution in [2.75, 3.05) is 0 Å². The Morgan fingerprint density at radius 1 is 0.708 bits per heavy atom. The van der Waals surface area contributed by atoms with E-state index in [-0.39, 0.29) is 21.2 Å². The van der Waals surface area contributed by atoms with Crippen LogP contribution >= 0.6 is 0 Å². The fraction of sp³-hybridized carbons (Fsp3) is 0. The second kappa shape index (κ2) is 8.91. The van der Waals surface area contributed by atoms with Gasteiger partial charge in [0, 0.05) is 0 Å². The molecule has 6 heteroatoms. The topological polar surface area (TPSA) is 57.2 Å². The van der Waals surface area contributed by atoms with Crippen molar-refractivity contribution in [3.63, 3.8) is 0 Å². The van der Waals surface area contributed by atoms with Crippen molar-refractivity contribution in [1.82, 2.24) is 0 Å². The van der Waals surface area contributed by atoms with Crippen molar-refractivity contribution in [2.45, 2.75) is 4.90 Å². The molecule has 0 saturated heterocycles. The van der Waals surface area contributed by atoms with E-state index in [0.29, 0.717) is 0 Å². The van der Waals surface area contributed by atoms with Gasteiger partial charge in [0.05, 0.1) is 4.90 Å². The molecule has 0 unspecified atom stereocenters. The van der Waals surface area contributed by atoms with Crippen molar-refractivity contribution >= 4 is 10.1 Å². The summed E-state index contributed by atoms with van der Waals surface area (Å²) in [5.74, 6) is -1.01. The van der Waals surface area contributed by atoms with Crippen LogP contribution in [-0.2, 0) is 10.1 Å². The number of hydrogen-bond acceptors (Lipinski definition) is 3. The molecule has 3 rings (SSSR count). The molecule has 3 aromatic rings. The Hall–Kier alpha value is -1.77. The summed E-state index contributed by atoms with van der Waals surface area (Å²) in [6.07, 6.45) is 0. The van der Waals surface area contributed by atoms with Crippen molar-refractivity contribution in [3.05, 3.63) is 97.9 Å². The summed E-state index contributed by atoms with van der Waals surface area (Å²) in [7, 11) is -4.66. The van der Waals surface area contributed by atoms with Crippen LogP contribution in [-0.4, -0.2) is 13.0 Å². The van der Waals surface area contributed by atoms with Crippen LogP contribution in [0.4, 0.5) is 4.39 Å². The lowest BCUT2D eigenvalue weighted by Crippen LogP contribution is -3.61. The standard InChI is InChI=1S/C12H10I.C6H5FO3S/c1-3-7-11(8-4-1)13-12-9-5-2-6-10-12;7-5-3-1-2-4-6(5)11(8,9)10/h1-10H;1-4H,(H,8,9,10)/q+1;/p-1. The highest BCUT2D eigenvalue weighted by Gasteiger charge is 2.12. The fourth-order valence-electron chi connectivity index (χ4n) is 1.73. The SMILES string of the molecule is O=S(=O)([O-])c1ccccc1F.c1ccc([I+]c2ccccc2)cc1. The first-order valence-electron chi connectivity index (χ1n) is 6.92. The molecule has 124 valence electrons. The fourth-order valence-corrected chi connectivity index (χ4v) is 4.55. The molecule has 0 N–H and O–H groups in total. The molecule has 0 aliphatic carbocycles. The van der Waals surface area contributed by atoms with E-state index in [2.05, 4.69) is 60.7 Å². The summed E-state index contributed by atoms with van der Waals surface area (Å²) < 4.78 is 46.2. The van der Waals surface area contributed by atoms with Crippen LogP contribution in [0.2, 0.25) is 0 Å². The summed E-state index contributed by atoms with van der Waals surface area (Å²) in [5.41, 5.74) is 0. The lowest BCUT2D eigenvalue weighted by molar-refractivity contribution is -0.597. The van der Waals surface area contributed by atoms with E-state index in [1.54, 1.807) is 0 Å². The van der Waals surface area contributed by atoms with Gasteiger partial charge in [-0.1, -0.05) is 48.5 Å². The third-order valence-electron chi connectivity index (χ3n) is 2.79. The summed E-state index contributed by atoms with van der Waals surface area (Å²) in [6, 6.07) is 25.9. The Morgan fingerprint density at radius 2 is 1.12 bits per heavy atom. The molecule has 0 aliphatic heterocycles. The van der Waals surface area contributed by atoms with Gasteiger partial charge in [0.25, 0.3) is 0 Å². The third kappa shape index (κ3) is 6.03. The normalized spacial score (nSPS) is 10.6. The second-order valence-corrected chi connectivity index (χ2v) is 8.95. The Balaban J connectivity index is 0.000000177. The van der Waals surface area contributed by atoms with E-state index >= 15 is 0 Å². The molecule has 0 fully saturated rings. The van der Waals surface area contributed by atoms with E-state index in [1.165, 1.54) is 19.3 Å². The molecule has 0 saturated carbocycles. The predicted molar refractivity (Wildman–Crippen MR) is 84.6 cm³/mol. The van der Waals surface area contributed by atoms with Crippen molar-refractivity contribution in [2.24, 2.45) is 0 Å². The monoisotopic (exact) mass is 456 g/mol. The molecule has 3 nitrogen and oxygen atoms in total. The largest absolute Gasteiger partial charge is 0.744 e. The molecule has 0 aliphatic rings. The van der Waals surface area contributed by atoms with Crippen LogP contribution in [0.5, 0.6) is 0 Å². The summed E-state index contributed by atoms with van der Waals surface area (Å²) in [5, 5.41) is 0. The average Bonchev–Trinajstić information content (AvgIpc) is 2.57. The van der Waals surface area contributed by atoms with Gasteiger partial charge in [-0.15, -0.1) is 0 Å². The van der Waals surface area contributed by atoms with Gasteiger partial charge >= 0.3 is 21.2 Å². The van der Waals surface area contributed by atoms with Gasteiger partial charge in [-0.3, -0.25) is 0 Å². The van der Waals surface area contributed by atoms with E-state index in [0.717, 1.165) is 12.1 Å². The Morgan fingerprint density at radius 3 is 1.50 bits per heavy atom. The zero-order chi connectivity index (χ0) is 17.4. The minimum atomic E-state index is -4.66. The maximum absolute atomic E-state index is 12.5. The molecule has 24 heavy (non-hydrogen) atoms. The molecule has 0 atom stereocenters. The van der Waals surface area contributed by atoms with Crippen molar-refractivity contribution in [3.8, 4) is 0 Å². The summed E-state index contributed by atoms with van der Waals surface area (Å²) >= 11 is 0.0287. The van der Waals surface area contributed by atoms with E-state index in [9.17, 15) is 17.4 Å². The van der Waals surface area contributed by atoms with Crippen LogP contribution < -0.4 is 21.2 Å². The lowest BCUT2D eigenvalue weighted by atomic mass is 10.4. The van der Waals surface area contributed by atoms with Crippen molar-refractivity contribution < 1.29 is 38.6 Å². The second-order valence-electron chi connectivity index (χ2n) is 4.57. The molecular formula is C18H14FIO3S. The first kappa shape index (κ1) is 18.6. The zero-order valence-corrected chi connectivity index (χ0v) is 15.4. The number of hydrogen-bond donors (Lipinski definition) is 0. The highest BCUT2D eigenvalue weighted by molar-refractivity contribution is 7.85. The number of halogens is 2. The Kier molecular flexibility index (Phi) is 6.89. The number of rotatable bonds is 3. The molecule has 0 amide bonds. The molecular weight excluding hydrogens is 442 g/mol. The zero-order valence-electron chi connectivity index (χ0n) is 12.5. The first-order valence-corrected chi connectivity index (χ1v) is 10.5. The minimum Gasteiger partial charge on any atom is -0.744 e. The summed E-state index contributed by atoms with van der Waals surface area (Å²) in [6.45, 7) is 0. The van der Waals surface area contributed by atoms with Gasteiger partial charge < -0.3 is 4.55 Å². The molecule has 0 spiro atoms. The van der Waals surface area contributed by atoms with E-state index in [4.69, 9.17) is 0 Å². The third-order valence-corrected chi connectivity index (χ3v) is 6.34. The van der Waals surface area contributed by atoms with Gasteiger partial charge in [-0.25, -0.2) is 12.8 Å². The minimum absolute atomic E-state index is 0.0287. The smallest absolute Gasteiger partial charge is 0.357 e. The Bertz CT molecular complexity index is 832. The van der Waals surface area contributed by atoms with E-state index in [1.807, 2.05) is 0 Å². The van der Waals surface area contributed by atoms with Crippen LogP contribution in [0, 0.1) is 13.0 Å². The van der Waals surface area contributed by atoms with Gasteiger partial charge in [0.2, 0.25) is 0 Å². The van der Waals surface area contributed by atoms with E-state index < -0.39 is 20.8 Å². The van der Waals surface area contributed by atoms with Gasteiger partial charge in [0.15, 0.2) is 7.14 Å². The summed E-state index contributed by atoms with van der Waals surface area (Å²) in [4.78, 5) is -0.806. The van der Waals surface area contributed by atoms with Gasteiger partial charge in [0.1, 0.15) is 15.9 Å². The van der Waals surface area contributed by atoms with Gasteiger partial charge in [-0.05, 0) is 36.4 Å². The molecule has 0 heterocycles. The lowest BCUT2D eigenvalue weighted by Gasteiger charge is -2.06. The first-order chi connectivity index (χ1) is 11.5. The number of benzene rings is 3. The van der Waals surface area contributed by atoms with Crippen LogP contribution in [0.3, 0.4) is 0 Å². The maximum Gasteiger partial charge on any atom is 0.357 e. The predicted octanol–water partition coefficient (Wildman–Crippen LogP) is 0.545. The highest BCUT2D eigenvalue weighted by Crippen LogP contribution is 2.11. The molecule has 3 aromatic carbocycles. The van der Waals surface area contributed by atoms with Crippen LogP contribution in [0.15, 0.2) is 89.8 Å². The molecule has 0 bridgehead atoms. The maximum atomic E-state index is 12.5.